The van der Waals surface area contributed by atoms with E-state index in [1.807, 2.05) is 6.92 Å². The summed E-state index contributed by atoms with van der Waals surface area (Å²) in [4.78, 5) is 24.8. The molecule has 1 rings (SSSR count). The van der Waals surface area contributed by atoms with Crippen molar-refractivity contribution < 1.29 is 14.7 Å². The maximum absolute atomic E-state index is 12.1. The fourth-order valence-electron chi connectivity index (χ4n) is 2.16. The van der Waals surface area contributed by atoms with Crippen LogP contribution in [0.2, 0.25) is 0 Å². The van der Waals surface area contributed by atoms with Gasteiger partial charge in [0.2, 0.25) is 0 Å². The summed E-state index contributed by atoms with van der Waals surface area (Å²) in [5.74, 6) is 1.51. The Balaban J connectivity index is 2.82. The molecule has 0 aromatic heterocycles. The molecule has 0 bridgehead atoms. The van der Waals surface area contributed by atoms with Gasteiger partial charge >= 0.3 is 12.0 Å². The molecule has 0 aromatic carbocycles. The molecule has 2 atom stereocenters. The largest absolute Gasteiger partial charge is 0.480 e. The minimum atomic E-state index is -1.13. The van der Waals surface area contributed by atoms with Gasteiger partial charge in [-0.2, -0.15) is 0 Å². The standard InChI is InChI=1S/C13H20N2O3/c1-4-10(5-2)14-12(18)15-9-7-6-8-13(15,3)11(16)17/h1,10H,5-9H2,2-3H3,(H,14,18)(H,16,17). The highest BCUT2D eigenvalue weighted by molar-refractivity contribution is 5.86. The normalized spacial score (nSPS) is 25.1. The number of urea groups is 1. The van der Waals surface area contributed by atoms with Crippen molar-refractivity contribution in [2.75, 3.05) is 6.54 Å². The van der Waals surface area contributed by atoms with Crippen LogP contribution in [0.4, 0.5) is 4.79 Å². The predicted octanol–water partition coefficient (Wildman–Crippen LogP) is 1.44. The Bertz CT molecular complexity index is 375. The molecule has 2 N–H and O–H groups in total. The SMILES string of the molecule is C#CC(CC)NC(=O)N1CCCCC1(C)C(=O)O. The van der Waals surface area contributed by atoms with Crippen molar-refractivity contribution in [3.05, 3.63) is 0 Å². The molecule has 0 aromatic rings. The van der Waals surface area contributed by atoms with E-state index < -0.39 is 11.5 Å². The minimum absolute atomic E-state index is 0.350. The Morgan fingerprint density at radius 2 is 2.22 bits per heavy atom. The van der Waals surface area contributed by atoms with E-state index in [1.165, 1.54) is 4.90 Å². The van der Waals surface area contributed by atoms with Crippen LogP contribution in [-0.2, 0) is 4.79 Å². The third-order valence-electron chi connectivity index (χ3n) is 3.50. The lowest BCUT2D eigenvalue weighted by Crippen LogP contribution is -2.60. The number of nitrogens with zero attached hydrogens (tertiary/aromatic N) is 1. The van der Waals surface area contributed by atoms with Crippen molar-refractivity contribution in [2.45, 2.75) is 51.1 Å². The van der Waals surface area contributed by atoms with Crippen molar-refractivity contribution >= 4 is 12.0 Å². The number of rotatable bonds is 3. The predicted molar refractivity (Wildman–Crippen MR) is 68.0 cm³/mol. The summed E-state index contributed by atoms with van der Waals surface area (Å²) in [6, 6.07) is -0.734. The van der Waals surface area contributed by atoms with Crippen molar-refractivity contribution in [2.24, 2.45) is 0 Å². The minimum Gasteiger partial charge on any atom is -0.480 e. The molecule has 100 valence electrons. The van der Waals surface area contributed by atoms with Crippen molar-refractivity contribution in [1.82, 2.24) is 10.2 Å². The van der Waals surface area contributed by atoms with Gasteiger partial charge in [0.15, 0.2) is 0 Å². The van der Waals surface area contributed by atoms with E-state index in [4.69, 9.17) is 6.42 Å². The van der Waals surface area contributed by atoms with Crippen molar-refractivity contribution in [3.8, 4) is 12.3 Å². The molecule has 1 heterocycles. The van der Waals surface area contributed by atoms with Gasteiger partial charge in [-0.15, -0.1) is 6.42 Å². The van der Waals surface area contributed by atoms with Crippen LogP contribution in [0.5, 0.6) is 0 Å². The van der Waals surface area contributed by atoms with Gasteiger partial charge in [-0.25, -0.2) is 9.59 Å². The molecule has 5 heteroatoms. The van der Waals surface area contributed by atoms with E-state index in [9.17, 15) is 14.7 Å². The van der Waals surface area contributed by atoms with E-state index in [0.717, 1.165) is 12.8 Å². The van der Waals surface area contributed by atoms with Gasteiger partial charge < -0.3 is 15.3 Å². The van der Waals surface area contributed by atoms with Crippen LogP contribution in [-0.4, -0.2) is 40.1 Å². The van der Waals surface area contributed by atoms with Crippen LogP contribution in [0, 0.1) is 12.3 Å². The summed E-state index contributed by atoms with van der Waals surface area (Å²) in [6.45, 7) is 3.91. The summed E-state index contributed by atoms with van der Waals surface area (Å²) >= 11 is 0. The first-order valence-electron chi connectivity index (χ1n) is 6.23. The molecular formula is C13H20N2O3. The topological polar surface area (TPSA) is 69.6 Å². The molecule has 1 fully saturated rings. The number of nitrogens with one attached hydrogen (secondary N) is 1. The first-order chi connectivity index (χ1) is 8.45. The van der Waals surface area contributed by atoms with Crippen LogP contribution in [0.3, 0.4) is 0 Å². The molecule has 0 radical (unpaired) electrons. The maximum Gasteiger partial charge on any atom is 0.329 e. The number of likely N-dealkylation sites (tertiary alicyclic amines) is 1. The number of hydrogen-bond acceptors (Lipinski definition) is 2. The second kappa shape index (κ2) is 5.76. The average Bonchev–Trinajstić information content (AvgIpc) is 2.36. The van der Waals surface area contributed by atoms with Gasteiger partial charge in [-0.05, 0) is 32.6 Å². The number of carboxylic acid groups (broad SMARTS) is 1. The Hall–Kier alpha value is -1.70. The van der Waals surface area contributed by atoms with Gasteiger partial charge in [0.1, 0.15) is 5.54 Å². The van der Waals surface area contributed by atoms with E-state index in [1.54, 1.807) is 6.92 Å². The fraction of sp³-hybridized carbons (Fsp3) is 0.692. The first-order valence-corrected chi connectivity index (χ1v) is 6.23. The van der Waals surface area contributed by atoms with Crippen LogP contribution < -0.4 is 5.32 Å². The Morgan fingerprint density at radius 3 is 2.72 bits per heavy atom. The zero-order valence-electron chi connectivity index (χ0n) is 10.9. The van der Waals surface area contributed by atoms with E-state index in [0.29, 0.717) is 19.4 Å². The van der Waals surface area contributed by atoms with E-state index >= 15 is 0 Å². The quantitative estimate of drug-likeness (QED) is 0.747. The zero-order valence-corrected chi connectivity index (χ0v) is 10.9. The molecule has 2 amide bonds. The Kier molecular flexibility index (Phi) is 4.60. The third kappa shape index (κ3) is 2.76. The van der Waals surface area contributed by atoms with Gasteiger partial charge in [0, 0.05) is 6.54 Å². The Morgan fingerprint density at radius 1 is 1.56 bits per heavy atom. The monoisotopic (exact) mass is 252 g/mol. The molecule has 18 heavy (non-hydrogen) atoms. The van der Waals surface area contributed by atoms with Gasteiger partial charge in [0.05, 0.1) is 6.04 Å². The van der Waals surface area contributed by atoms with Gasteiger partial charge in [-0.1, -0.05) is 12.8 Å². The second-order valence-corrected chi connectivity index (χ2v) is 4.76. The summed E-state index contributed by atoms with van der Waals surface area (Å²) in [5, 5.41) is 12.0. The molecular weight excluding hydrogens is 232 g/mol. The number of carbonyl (C=O) groups is 2. The van der Waals surface area contributed by atoms with Crippen LogP contribution in [0.15, 0.2) is 0 Å². The van der Waals surface area contributed by atoms with Crippen LogP contribution in [0.1, 0.15) is 39.5 Å². The molecule has 0 spiro atoms. The zero-order chi connectivity index (χ0) is 13.8. The van der Waals surface area contributed by atoms with Gasteiger partial charge in [-0.3, -0.25) is 0 Å². The first kappa shape index (κ1) is 14.4. The molecule has 1 aliphatic heterocycles. The smallest absolute Gasteiger partial charge is 0.329 e. The summed E-state index contributed by atoms with van der Waals surface area (Å²) in [6.07, 6.45) is 8.03. The number of piperidine rings is 1. The number of carbonyl (C=O) groups excluding carboxylic acids is 1. The maximum atomic E-state index is 12.1. The Labute approximate surface area is 108 Å². The third-order valence-corrected chi connectivity index (χ3v) is 3.50. The molecule has 5 nitrogen and oxygen atoms in total. The molecule has 1 aliphatic rings. The lowest BCUT2D eigenvalue weighted by atomic mass is 9.89. The highest BCUT2D eigenvalue weighted by Gasteiger charge is 2.44. The van der Waals surface area contributed by atoms with Crippen LogP contribution in [0.25, 0.3) is 0 Å². The summed E-state index contributed by atoms with van der Waals surface area (Å²) < 4.78 is 0. The van der Waals surface area contributed by atoms with Crippen molar-refractivity contribution in [1.29, 1.82) is 0 Å². The second-order valence-electron chi connectivity index (χ2n) is 4.76. The molecule has 0 aliphatic carbocycles. The summed E-state index contributed by atoms with van der Waals surface area (Å²) in [5.41, 5.74) is -1.13. The molecule has 2 unspecified atom stereocenters. The lowest BCUT2D eigenvalue weighted by Gasteiger charge is -2.41. The number of aliphatic carboxylic acids is 1. The average molecular weight is 252 g/mol. The van der Waals surface area contributed by atoms with Crippen LogP contribution >= 0.6 is 0 Å². The highest BCUT2D eigenvalue weighted by Crippen LogP contribution is 2.28. The number of carboxylic acids is 1. The number of terminal acetylenes is 1. The van der Waals surface area contributed by atoms with Gasteiger partial charge in [0.25, 0.3) is 0 Å². The number of amides is 2. The fourth-order valence-corrected chi connectivity index (χ4v) is 2.16. The van der Waals surface area contributed by atoms with E-state index in [-0.39, 0.29) is 12.1 Å². The molecule has 1 saturated heterocycles. The highest BCUT2D eigenvalue weighted by atomic mass is 16.4. The van der Waals surface area contributed by atoms with E-state index in [2.05, 4.69) is 11.2 Å². The lowest BCUT2D eigenvalue weighted by molar-refractivity contribution is -0.150. The summed E-state index contributed by atoms with van der Waals surface area (Å²) in [7, 11) is 0. The van der Waals surface area contributed by atoms with Crippen molar-refractivity contribution in [3.63, 3.8) is 0 Å². The molecule has 0 saturated carbocycles. The number of hydrogen-bond donors (Lipinski definition) is 2.